The molecule has 3 heteroatoms. The maximum absolute atomic E-state index is 6.13. The third-order valence-electron chi connectivity index (χ3n) is 5.39. The summed E-state index contributed by atoms with van der Waals surface area (Å²) >= 11 is 0. The molecule has 0 aromatic heterocycles. The van der Waals surface area contributed by atoms with Gasteiger partial charge in [-0.1, -0.05) is 26.2 Å². The van der Waals surface area contributed by atoms with Crippen molar-refractivity contribution in [2.75, 3.05) is 33.7 Å². The Morgan fingerprint density at radius 2 is 1.94 bits per heavy atom. The molecule has 0 aromatic rings. The zero-order chi connectivity index (χ0) is 13.3. The molecule has 0 aromatic carbocycles. The third-order valence-corrected chi connectivity index (χ3v) is 5.39. The number of nitrogens with two attached hydrogens (primary N) is 1. The van der Waals surface area contributed by atoms with Gasteiger partial charge in [0.05, 0.1) is 0 Å². The lowest BCUT2D eigenvalue weighted by molar-refractivity contribution is 0.0830. The Labute approximate surface area is 113 Å². The second-order valence-corrected chi connectivity index (χ2v) is 7.12. The topological polar surface area (TPSA) is 32.5 Å². The average molecular weight is 253 g/mol. The highest BCUT2D eigenvalue weighted by atomic mass is 15.3. The molecule has 0 bridgehead atoms. The fourth-order valence-corrected chi connectivity index (χ4v) is 3.72. The first-order valence-corrected chi connectivity index (χ1v) is 7.58. The molecule has 2 N–H and O–H groups in total. The van der Waals surface area contributed by atoms with Crippen molar-refractivity contribution in [3.8, 4) is 0 Å². The van der Waals surface area contributed by atoms with Crippen LogP contribution in [-0.2, 0) is 0 Å². The molecule has 1 aliphatic carbocycles. The standard InChI is InChI=1S/C15H31N3/c1-12-9-18(10-14(12)17(3)4)15(2,11-16)8-13-6-5-7-13/h12-14H,5-11,16H2,1-4H3. The highest BCUT2D eigenvalue weighted by molar-refractivity contribution is 4.98. The van der Waals surface area contributed by atoms with Crippen molar-refractivity contribution in [1.82, 2.24) is 9.80 Å². The summed E-state index contributed by atoms with van der Waals surface area (Å²) in [7, 11) is 4.41. The molecule has 3 unspecified atom stereocenters. The van der Waals surface area contributed by atoms with E-state index in [0.29, 0.717) is 6.04 Å². The van der Waals surface area contributed by atoms with Gasteiger partial charge in [0.15, 0.2) is 0 Å². The summed E-state index contributed by atoms with van der Waals surface area (Å²) in [6.45, 7) is 7.97. The van der Waals surface area contributed by atoms with Gasteiger partial charge in [-0.2, -0.15) is 0 Å². The number of likely N-dealkylation sites (N-methyl/N-ethyl adjacent to an activating group) is 1. The van der Waals surface area contributed by atoms with Crippen molar-refractivity contribution in [3.63, 3.8) is 0 Å². The van der Waals surface area contributed by atoms with Crippen LogP contribution in [0.25, 0.3) is 0 Å². The molecule has 3 atom stereocenters. The van der Waals surface area contributed by atoms with E-state index < -0.39 is 0 Å². The van der Waals surface area contributed by atoms with Crippen LogP contribution in [-0.4, -0.2) is 55.1 Å². The van der Waals surface area contributed by atoms with Gasteiger partial charge in [0.25, 0.3) is 0 Å². The molecule has 2 fully saturated rings. The van der Waals surface area contributed by atoms with E-state index in [-0.39, 0.29) is 5.54 Å². The molecule has 2 rings (SSSR count). The van der Waals surface area contributed by atoms with Gasteiger partial charge in [-0.3, -0.25) is 4.90 Å². The van der Waals surface area contributed by atoms with Crippen LogP contribution in [0.5, 0.6) is 0 Å². The zero-order valence-corrected chi connectivity index (χ0v) is 12.7. The lowest BCUT2D eigenvalue weighted by Crippen LogP contribution is -2.53. The predicted molar refractivity (Wildman–Crippen MR) is 77.6 cm³/mol. The summed E-state index contributed by atoms with van der Waals surface area (Å²) in [6, 6.07) is 0.692. The van der Waals surface area contributed by atoms with E-state index >= 15 is 0 Å². The summed E-state index contributed by atoms with van der Waals surface area (Å²) in [6.07, 6.45) is 5.59. The molecule has 1 aliphatic heterocycles. The Morgan fingerprint density at radius 3 is 2.33 bits per heavy atom. The zero-order valence-electron chi connectivity index (χ0n) is 12.7. The van der Waals surface area contributed by atoms with Crippen molar-refractivity contribution < 1.29 is 0 Å². The molecule has 2 aliphatic rings. The van der Waals surface area contributed by atoms with E-state index in [1.54, 1.807) is 0 Å². The highest BCUT2D eigenvalue weighted by Gasteiger charge is 2.41. The summed E-state index contributed by atoms with van der Waals surface area (Å²) in [4.78, 5) is 5.05. The first kappa shape index (κ1) is 14.3. The summed E-state index contributed by atoms with van der Waals surface area (Å²) in [5, 5.41) is 0. The molecule has 0 amide bonds. The van der Waals surface area contributed by atoms with Crippen LogP contribution in [0.15, 0.2) is 0 Å². The van der Waals surface area contributed by atoms with Crippen molar-refractivity contribution >= 4 is 0 Å². The molecular weight excluding hydrogens is 222 g/mol. The van der Waals surface area contributed by atoms with Gasteiger partial charge in [0.1, 0.15) is 0 Å². The van der Waals surface area contributed by atoms with Crippen molar-refractivity contribution in [1.29, 1.82) is 0 Å². The summed E-state index contributed by atoms with van der Waals surface area (Å²) < 4.78 is 0. The highest BCUT2D eigenvalue weighted by Crippen LogP contribution is 2.37. The second kappa shape index (κ2) is 5.48. The van der Waals surface area contributed by atoms with E-state index in [0.717, 1.165) is 18.4 Å². The minimum atomic E-state index is 0.226. The van der Waals surface area contributed by atoms with E-state index in [1.165, 1.54) is 38.8 Å². The number of rotatable bonds is 5. The Bertz CT molecular complexity index is 275. The quantitative estimate of drug-likeness (QED) is 0.810. The van der Waals surface area contributed by atoms with Crippen LogP contribution in [0, 0.1) is 11.8 Å². The lowest BCUT2D eigenvalue weighted by atomic mass is 9.76. The van der Waals surface area contributed by atoms with E-state index in [1.807, 2.05) is 0 Å². The maximum Gasteiger partial charge on any atom is 0.0307 e. The number of likely N-dealkylation sites (tertiary alicyclic amines) is 1. The molecule has 1 saturated heterocycles. The largest absolute Gasteiger partial charge is 0.329 e. The van der Waals surface area contributed by atoms with Crippen molar-refractivity contribution in [2.45, 2.75) is 51.1 Å². The Hall–Kier alpha value is -0.120. The van der Waals surface area contributed by atoms with Crippen LogP contribution < -0.4 is 5.73 Å². The molecule has 0 radical (unpaired) electrons. The fourth-order valence-electron chi connectivity index (χ4n) is 3.72. The molecule has 1 heterocycles. The van der Waals surface area contributed by atoms with Gasteiger partial charge in [-0.15, -0.1) is 0 Å². The van der Waals surface area contributed by atoms with Gasteiger partial charge >= 0.3 is 0 Å². The van der Waals surface area contributed by atoms with E-state index in [4.69, 9.17) is 5.73 Å². The number of hydrogen-bond donors (Lipinski definition) is 1. The second-order valence-electron chi connectivity index (χ2n) is 7.12. The Kier molecular flexibility index (Phi) is 4.35. The van der Waals surface area contributed by atoms with Gasteiger partial charge in [-0.25, -0.2) is 0 Å². The number of hydrogen-bond acceptors (Lipinski definition) is 3. The van der Waals surface area contributed by atoms with Crippen LogP contribution in [0.2, 0.25) is 0 Å². The van der Waals surface area contributed by atoms with Crippen molar-refractivity contribution in [2.24, 2.45) is 17.6 Å². The molecule has 106 valence electrons. The third kappa shape index (κ3) is 2.73. The normalized spacial score (nSPS) is 33.7. The monoisotopic (exact) mass is 253 g/mol. The summed E-state index contributed by atoms with van der Waals surface area (Å²) in [5.74, 6) is 1.69. The lowest BCUT2D eigenvalue weighted by Gasteiger charge is -2.43. The molecular formula is C15H31N3. The maximum atomic E-state index is 6.13. The van der Waals surface area contributed by atoms with E-state index in [9.17, 15) is 0 Å². The molecule has 3 nitrogen and oxygen atoms in total. The number of nitrogens with zero attached hydrogens (tertiary/aromatic N) is 2. The first-order valence-electron chi connectivity index (χ1n) is 7.58. The Balaban J connectivity index is 1.99. The fraction of sp³-hybridized carbons (Fsp3) is 1.00. The average Bonchev–Trinajstić information content (AvgIpc) is 2.66. The predicted octanol–water partition coefficient (Wildman–Crippen LogP) is 1.78. The minimum Gasteiger partial charge on any atom is -0.329 e. The SMILES string of the molecule is CC1CN(C(C)(CN)CC2CCC2)CC1N(C)C. The van der Waals surface area contributed by atoms with Crippen LogP contribution in [0.3, 0.4) is 0 Å². The minimum absolute atomic E-state index is 0.226. The first-order chi connectivity index (χ1) is 8.46. The van der Waals surface area contributed by atoms with Gasteiger partial charge < -0.3 is 10.6 Å². The molecule has 0 spiro atoms. The molecule has 18 heavy (non-hydrogen) atoms. The van der Waals surface area contributed by atoms with Crippen LogP contribution in [0.4, 0.5) is 0 Å². The van der Waals surface area contributed by atoms with Crippen LogP contribution in [0.1, 0.15) is 39.5 Å². The van der Waals surface area contributed by atoms with Crippen molar-refractivity contribution in [3.05, 3.63) is 0 Å². The smallest absolute Gasteiger partial charge is 0.0307 e. The van der Waals surface area contributed by atoms with Gasteiger partial charge in [-0.05, 0) is 39.3 Å². The van der Waals surface area contributed by atoms with Gasteiger partial charge in [0, 0.05) is 31.2 Å². The van der Waals surface area contributed by atoms with Crippen LogP contribution >= 0.6 is 0 Å². The van der Waals surface area contributed by atoms with E-state index in [2.05, 4.69) is 37.7 Å². The van der Waals surface area contributed by atoms with Gasteiger partial charge in [0.2, 0.25) is 0 Å². The Morgan fingerprint density at radius 1 is 1.28 bits per heavy atom. The summed E-state index contributed by atoms with van der Waals surface area (Å²) in [5.41, 5.74) is 6.35. The molecule has 1 saturated carbocycles.